The predicted octanol–water partition coefficient (Wildman–Crippen LogP) is 2.08. The molecule has 3 aromatic rings. The molecule has 0 atom stereocenters. The van der Waals surface area contributed by atoms with Crippen molar-refractivity contribution in [2.24, 2.45) is 0 Å². The molecule has 0 heterocycles. The maximum atomic E-state index is 8.74. The summed E-state index contributed by atoms with van der Waals surface area (Å²) in [5.41, 5.74) is 0. The van der Waals surface area contributed by atoms with E-state index >= 15 is 0 Å². The van der Waals surface area contributed by atoms with E-state index in [9.17, 15) is 0 Å². The third-order valence-corrected chi connectivity index (χ3v) is 5.03. The summed E-state index contributed by atoms with van der Waals surface area (Å²) in [5, 5.41) is 0.204. The molecule has 3 nitrogen and oxygen atoms in total. The molecule has 0 spiro atoms. The summed E-state index contributed by atoms with van der Waals surface area (Å²) >= 11 is 1.88. The number of halogens is 1. The first-order valence-electron chi connectivity index (χ1n) is 6.95. The third-order valence-electron chi connectivity index (χ3n) is 2.75. The van der Waals surface area contributed by atoms with E-state index in [2.05, 4.69) is 48.5 Å². The molecular weight excluding hydrogens is 439 g/mol. The summed E-state index contributed by atoms with van der Waals surface area (Å²) in [6.45, 7) is 0. The van der Waals surface area contributed by atoms with Gasteiger partial charge in [-0.1, -0.05) is 0 Å². The molecule has 24 heavy (non-hydrogen) atoms. The maximum absolute atomic E-state index is 8.74. The van der Waals surface area contributed by atoms with Crippen LogP contribution in [0.15, 0.2) is 91.0 Å². The molecule has 3 N–H and O–H groups in total. The third kappa shape index (κ3) is 7.69. The molecule has 133 valence electrons. The Morgan fingerprint density at radius 2 is 0.875 bits per heavy atom. The van der Waals surface area contributed by atoms with Crippen molar-refractivity contribution in [3.05, 3.63) is 91.0 Å². The van der Waals surface area contributed by atoms with Gasteiger partial charge in [0.05, 0.1) is 0 Å². The minimum absolute atomic E-state index is 0. The molecule has 0 saturated heterocycles. The van der Waals surface area contributed by atoms with Gasteiger partial charge < -0.3 is 0 Å². The summed E-state index contributed by atoms with van der Waals surface area (Å²) in [7, 11) is -4.03. The Morgan fingerprint density at radius 1 is 0.542 bits per heavy atom. The minimum atomic E-state index is -4.03. The second-order valence-corrected chi connectivity index (χ2v) is 7.75. The van der Waals surface area contributed by atoms with E-state index < -0.39 is 7.94 Å². The van der Waals surface area contributed by atoms with Crippen molar-refractivity contribution in [3.8, 4) is 0 Å². The average Bonchev–Trinajstić information content (AvgIpc) is 2.57. The SMILES string of the molecule is Br.O[PH](O)(O)c1ccccc1.c1cc[c]([Cu][c]2ccccc2)cc1. The average molecular weight is 459 g/mol. The van der Waals surface area contributed by atoms with Crippen LogP contribution in [0.5, 0.6) is 0 Å². The van der Waals surface area contributed by atoms with Crippen LogP contribution in [0, 0.1) is 0 Å². The monoisotopic (exact) mass is 457 g/mol. The molecule has 0 aromatic heterocycles. The first-order valence-corrected chi connectivity index (χ1v) is 9.74. The van der Waals surface area contributed by atoms with Crippen molar-refractivity contribution in [2.45, 2.75) is 0 Å². The fraction of sp³-hybridized carbons (Fsp3) is 0. The first-order chi connectivity index (χ1) is 11.1. The summed E-state index contributed by atoms with van der Waals surface area (Å²) in [6.07, 6.45) is 0. The molecule has 0 amide bonds. The van der Waals surface area contributed by atoms with Gasteiger partial charge in [-0.3, -0.25) is 0 Å². The molecule has 3 aromatic carbocycles. The van der Waals surface area contributed by atoms with Gasteiger partial charge in [0.1, 0.15) is 0 Å². The van der Waals surface area contributed by atoms with Gasteiger partial charge in [0.15, 0.2) is 0 Å². The topological polar surface area (TPSA) is 60.7 Å². The quantitative estimate of drug-likeness (QED) is 0.416. The predicted molar refractivity (Wildman–Crippen MR) is 104 cm³/mol. The van der Waals surface area contributed by atoms with Crippen LogP contribution in [0.25, 0.3) is 0 Å². The molecule has 0 bridgehead atoms. The van der Waals surface area contributed by atoms with Crippen molar-refractivity contribution in [2.75, 3.05) is 0 Å². The Morgan fingerprint density at radius 3 is 1.17 bits per heavy atom. The Hall–Kier alpha value is -1.03. The van der Waals surface area contributed by atoms with Crippen LogP contribution in [0.3, 0.4) is 0 Å². The van der Waals surface area contributed by atoms with E-state index in [1.807, 2.05) is 27.1 Å². The van der Waals surface area contributed by atoms with E-state index in [0.29, 0.717) is 0 Å². The van der Waals surface area contributed by atoms with E-state index in [1.165, 1.54) is 21.1 Å². The molecule has 3 rings (SSSR count). The zero-order valence-corrected chi connectivity index (χ0v) is 16.4. The van der Waals surface area contributed by atoms with E-state index in [0.717, 1.165) is 0 Å². The van der Waals surface area contributed by atoms with Crippen LogP contribution in [0.2, 0.25) is 0 Å². The zero-order valence-electron chi connectivity index (χ0n) is 12.7. The summed E-state index contributed by atoms with van der Waals surface area (Å²) in [4.78, 5) is 26.2. The molecule has 0 aliphatic rings. The summed E-state index contributed by atoms with van der Waals surface area (Å²) in [5.74, 6) is 0. The van der Waals surface area contributed by atoms with Crippen molar-refractivity contribution in [1.82, 2.24) is 0 Å². The Bertz CT molecular complexity index is 654. The second-order valence-electron chi connectivity index (χ2n) is 4.58. The molecule has 0 aliphatic carbocycles. The van der Waals surface area contributed by atoms with Crippen molar-refractivity contribution >= 4 is 39.2 Å². The van der Waals surface area contributed by atoms with Gasteiger partial charge in [0.2, 0.25) is 0 Å². The Labute approximate surface area is 159 Å². The standard InChI is InChI=1S/C6H9O3P.2C6H5.BrH.Cu/c7-10(8,9)6-4-2-1-3-5-6;2*1-2-4-6-5-3-1;;/h1-5,7-10H;2*1-5H;1H;. The van der Waals surface area contributed by atoms with Crippen molar-refractivity contribution in [1.29, 1.82) is 0 Å². The Balaban J connectivity index is 0.000000238. The van der Waals surface area contributed by atoms with E-state index in [1.54, 1.807) is 18.2 Å². The second kappa shape index (κ2) is 10.8. The normalized spacial score (nSPS) is 11.0. The van der Waals surface area contributed by atoms with Gasteiger partial charge in [-0.05, 0) is 0 Å². The van der Waals surface area contributed by atoms with Gasteiger partial charge >= 0.3 is 143 Å². The molecular formula is C18H20BrCuO3P. The summed E-state index contributed by atoms with van der Waals surface area (Å²) in [6, 6.07) is 28.7. The van der Waals surface area contributed by atoms with Crippen LogP contribution in [-0.4, -0.2) is 14.7 Å². The van der Waals surface area contributed by atoms with E-state index in [4.69, 9.17) is 14.7 Å². The fourth-order valence-electron chi connectivity index (χ4n) is 1.66. The Kier molecular flexibility index (Phi) is 9.42. The van der Waals surface area contributed by atoms with Crippen molar-refractivity contribution < 1.29 is 29.6 Å². The number of benzene rings is 3. The van der Waals surface area contributed by atoms with Gasteiger partial charge in [-0.25, -0.2) is 0 Å². The van der Waals surface area contributed by atoms with Crippen molar-refractivity contribution in [3.63, 3.8) is 0 Å². The van der Waals surface area contributed by atoms with Crippen LogP contribution >= 0.6 is 24.9 Å². The van der Waals surface area contributed by atoms with Gasteiger partial charge in [0.25, 0.3) is 0 Å². The molecule has 0 fully saturated rings. The zero-order chi connectivity index (χ0) is 16.5. The van der Waals surface area contributed by atoms with Crippen LogP contribution in [0.1, 0.15) is 0 Å². The molecule has 6 heteroatoms. The van der Waals surface area contributed by atoms with Crippen LogP contribution in [-0.2, 0) is 15.0 Å². The van der Waals surface area contributed by atoms with Crippen LogP contribution in [0.4, 0.5) is 0 Å². The number of rotatable bonds is 3. The van der Waals surface area contributed by atoms with E-state index in [-0.39, 0.29) is 22.3 Å². The number of hydrogen-bond acceptors (Lipinski definition) is 3. The summed E-state index contributed by atoms with van der Waals surface area (Å²) < 4.78 is 2.55. The fourth-order valence-corrected chi connectivity index (χ4v) is 3.29. The molecule has 0 aliphatic heterocycles. The molecule has 0 saturated carbocycles. The van der Waals surface area contributed by atoms with Crippen LogP contribution < -0.4 is 14.2 Å². The first kappa shape index (κ1) is 21.0. The molecule has 0 unspecified atom stereocenters. The van der Waals surface area contributed by atoms with Gasteiger partial charge in [-0.15, -0.1) is 17.0 Å². The molecule has 0 radical (unpaired) electrons. The number of hydrogen-bond donors (Lipinski definition) is 3. The van der Waals surface area contributed by atoms with Gasteiger partial charge in [0, 0.05) is 0 Å². The van der Waals surface area contributed by atoms with Gasteiger partial charge in [-0.2, -0.15) is 0 Å².